The Kier molecular flexibility index (Phi) is 8.86. The summed E-state index contributed by atoms with van der Waals surface area (Å²) in [6.45, 7) is 1.48. The minimum atomic E-state index is -1.00. The largest absolute Gasteiger partial charge is 0.493 e. The van der Waals surface area contributed by atoms with Gasteiger partial charge in [0.25, 0.3) is 0 Å². The molecule has 8 heteroatoms. The van der Waals surface area contributed by atoms with Crippen molar-refractivity contribution in [1.82, 2.24) is 9.80 Å². The highest BCUT2D eigenvalue weighted by Crippen LogP contribution is 2.44. The number of carboxylic acid groups (broad SMARTS) is 1. The van der Waals surface area contributed by atoms with Gasteiger partial charge in [0.15, 0.2) is 11.5 Å². The first kappa shape index (κ1) is 27.0. The van der Waals surface area contributed by atoms with Gasteiger partial charge in [-0.25, -0.2) is 4.79 Å². The van der Waals surface area contributed by atoms with E-state index < -0.39 is 6.09 Å². The lowest BCUT2D eigenvalue weighted by Gasteiger charge is -2.28. The topological polar surface area (TPSA) is 105 Å². The van der Waals surface area contributed by atoms with Gasteiger partial charge in [-0.05, 0) is 46.4 Å². The molecule has 200 valence electrons. The first-order chi connectivity index (χ1) is 18.5. The van der Waals surface area contributed by atoms with Crippen LogP contribution in [0.3, 0.4) is 0 Å². The zero-order valence-corrected chi connectivity index (χ0v) is 21.9. The fourth-order valence-electron chi connectivity index (χ4n) is 5.15. The van der Waals surface area contributed by atoms with Gasteiger partial charge in [-0.2, -0.15) is 0 Å². The van der Waals surface area contributed by atoms with Gasteiger partial charge in [-0.15, -0.1) is 0 Å². The molecule has 1 aliphatic rings. The molecule has 0 unspecified atom stereocenters. The van der Waals surface area contributed by atoms with Crippen molar-refractivity contribution in [2.24, 2.45) is 5.73 Å². The third-order valence-electron chi connectivity index (χ3n) is 7.10. The van der Waals surface area contributed by atoms with Crippen LogP contribution in [0.2, 0.25) is 0 Å². The van der Waals surface area contributed by atoms with E-state index in [1.54, 1.807) is 19.1 Å². The summed E-state index contributed by atoms with van der Waals surface area (Å²) in [5.41, 5.74) is 11.3. The molecule has 0 aromatic heterocycles. The van der Waals surface area contributed by atoms with Crippen molar-refractivity contribution in [1.29, 1.82) is 0 Å². The third-order valence-corrected chi connectivity index (χ3v) is 7.10. The molecule has 4 rings (SSSR count). The number of nitrogens with zero attached hydrogens (tertiary/aromatic N) is 2. The molecule has 38 heavy (non-hydrogen) atoms. The van der Waals surface area contributed by atoms with Crippen LogP contribution in [-0.4, -0.2) is 73.9 Å². The maximum absolute atomic E-state index is 13.1. The zero-order valence-electron chi connectivity index (χ0n) is 21.9. The van der Waals surface area contributed by atoms with Gasteiger partial charge in [0.2, 0.25) is 5.91 Å². The van der Waals surface area contributed by atoms with Crippen LogP contribution >= 0.6 is 0 Å². The molecule has 0 aliphatic heterocycles. The van der Waals surface area contributed by atoms with E-state index in [9.17, 15) is 14.7 Å². The Morgan fingerprint density at radius 3 is 2.03 bits per heavy atom. The van der Waals surface area contributed by atoms with E-state index >= 15 is 0 Å². The summed E-state index contributed by atoms with van der Waals surface area (Å²) in [5, 5.41) is 10.0. The second-order valence-electron chi connectivity index (χ2n) is 9.31. The zero-order chi connectivity index (χ0) is 27.1. The Morgan fingerprint density at radius 1 is 0.842 bits per heavy atom. The Morgan fingerprint density at radius 2 is 1.45 bits per heavy atom. The van der Waals surface area contributed by atoms with Gasteiger partial charge in [-0.1, -0.05) is 54.6 Å². The van der Waals surface area contributed by atoms with Crippen molar-refractivity contribution in [3.05, 3.63) is 83.4 Å². The van der Waals surface area contributed by atoms with Crippen LogP contribution in [0.5, 0.6) is 11.5 Å². The molecular formula is C30H35N3O5. The van der Waals surface area contributed by atoms with Gasteiger partial charge in [0.05, 0.1) is 14.2 Å². The van der Waals surface area contributed by atoms with E-state index in [1.165, 1.54) is 4.90 Å². The maximum Gasteiger partial charge on any atom is 0.407 e. The van der Waals surface area contributed by atoms with E-state index in [0.29, 0.717) is 37.6 Å². The molecule has 0 fully saturated rings. The first-order valence-corrected chi connectivity index (χ1v) is 12.8. The van der Waals surface area contributed by atoms with Crippen molar-refractivity contribution < 1.29 is 24.2 Å². The summed E-state index contributed by atoms with van der Waals surface area (Å²) >= 11 is 0. The number of benzene rings is 3. The Labute approximate surface area is 223 Å². The van der Waals surface area contributed by atoms with Crippen molar-refractivity contribution in [3.63, 3.8) is 0 Å². The van der Waals surface area contributed by atoms with E-state index in [-0.39, 0.29) is 31.3 Å². The smallest absolute Gasteiger partial charge is 0.407 e. The number of ether oxygens (including phenoxy) is 2. The lowest BCUT2D eigenvalue weighted by Crippen LogP contribution is -2.43. The summed E-state index contributed by atoms with van der Waals surface area (Å²) in [6.07, 6.45) is -0.192. The fraction of sp³-hybridized carbons (Fsp3) is 0.333. The van der Waals surface area contributed by atoms with E-state index in [1.807, 2.05) is 42.5 Å². The molecule has 0 bridgehead atoms. The van der Waals surface area contributed by atoms with Crippen LogP contribution in [0.25, 0.3) is 11.1 Å². The number of hydrogen-bond donors (Lipinski definition) is 2. The highest BCUT2D eigenvalue weighted by atomic mass is 16.5. The number of fused-ring (bicyclic) bond motifs is 3. The highest BCUT2D eigenvalue weighted by Gasteiger charge is 2.31. The minimum Gasteiger partial charge on any atom is -0.493 e. The summed E-state index contributed by atoms with van der Waals surface area (Å²) < 4.78 is 10.6. The Balaban J connectivity index is 1.41. The average Bonchev–Trinajstić information content (AvgIpc) is 3.26. The molecule has 3 aromatic rings. The van der Waals surface area contributed by atoms with Crippen LogP contribution in [0.1, 0.15) is 29.0 Å². The number of aryl methyl sites for hydroxylation is 1. The molecule has 0 radical (unpaired) electrons. The number of carbonyl (C=O) groups excluding carboxylic acids is 1. The quantitative estimate of drug-likeness (QED) is 0.373. The molecule has 0 saturated heterocycles. The molecule has 0 heterocycles. The molecule has 3 N–H and O–H groups in total. The lowest BCUT2D eigenvalue weighted by molar-refractivity contribution is -0.131. The number of hydrogen-bond acceptors (Lipinski definition) is 5. The van der Waals surface area contributed by atoms with Gasteiger partial charge in [0, 0.05) is 45.1 Å². The SMILES string of the molecule is COc1ccc(CCC(=O)N(CCN)CCN(CC2c3ccccc3-c3ccccc32)C(=O)O)cc1OC. The van der Waals surface area contributed by atoms with Crippen LogP contribution in [0.4, 0.5) is 4.79 Å². The van der Waals surface area contributed by atoms with E-state index in [0.717, 1.165) is 27.8 Å². The summed E-state index contributed by atoms with van der Waals surface area (Å²) in [7, 11) is 3.16. The normalized spacial score (nSPS) is 12.0. The van der Waals surface area contributed by atoms with Gasteiger partial charge in [-0.3, -0.25) is 4.79 Å². The number of amides is 2. The molecule has 8 nitrogen and oxygen atoms in total. The van der Waals surface area contributed by atoms with Crippen molar-refractivity contribution in [3.8, 4) is 22.6 Å². The summed E-state index contributed by atoms with van der Waals surface area (Å²) in [6, 6.07) is 21.9. The standard InChI is InChI=1S/C30H35N3O5/c1-37-27-13-11-21(19-28(27)38-2)12-14-29(34)32(16-15-31)17-18-33(30(35)36)20-26-24-9-5-3-7-22(24)23-8-4-6-10-25(23)26/h3-11,13,19,26H,12,14-18,20,31H2,1-2H3,(H,35,36). The Hall–Kier alpha value is -4.04. The number of methoxy groups -OCH3 is 2. The van der Waals surface area contributed by atoms with E-state index in [4.69, 9.17) is 15.2 Å². The van der Waals surface area contributed by atoms with Gasteiger partial charge >= 0.3 is 6.09 Å². The van der Waals surface area contributed by atoms with Gasteiger partial charge < -0.3 is 30.1 Å². The summed E-state index contributed by atoms with van der Waals surface area (Å²) in [4.78, 5) is 28.4. The van der Waals surface area contributed by atoms with Crippen molar-refractivity contribution in [2.75, 3.05) is 46.9 Å². The molecule has 2 amide bonds. The second-order valence-corrected chi connectivity index (χ2v) is 9.31. The lowest BCUT2D eigenvalue weighted by atomic mass is 9.96. The summed E-state index contributed by atoms with van der Waals surface area (Å²) in [5.74, 6) is 1.13. The predicted octanol–water partition coefficient (Wildman–Crippen LogP) is 4.22. The molecule has 1 aliphatic carbocycles. The van der Waals surface area contributed by atoms with Crippen molar-refractivity contribution >= 4 is 12.0 Å². The highest BCUT2D eigenvalue weighted by molar-refractivity contribution is 5.79. The number of rotatable bonds is 12. The predicted molar refractivity (Wildman–Crippen MR) is 147 cm³/mol. The monoisotopic (exact) mass is 517 g/mol. The number of nitrogens with two attached hydrogens (primary N) is 1. The van der Waals surface area contributed by atoms with Crippen LogP contribution < -0.4 is 15.2 Å². The second kappa shape index (κ2) is 12.5. The molecule has 0 spiro atoms. The molecule has 3 aromatic carbocycles. The number of carbonyl (C=O) groups is 2. The Bertz CT molecular complexity index is 1230. The maximum atomic E-state index is 13.1. The first-order valence-electron chi connectivity index (χ1n) is 12.8. The van der Waals surface area contributed by atoms with E-state index in [2.05, 4.69) is 24.3 Å². The minimum absolute atomic E-state index is 0.0535. The molecule has 0 saturated carbocycles. The molecular weight excluding hydrogens is 482 g/mol. The fourth-order valence-corrected chi connectivity index (χ4v) is 5.15. The van der Waals surface area contributed by atoms with Crippen LogP contribution in [-0.2, 0) is 11.2 Å². The van der Waals surface area contributed by atoms with Crippen LogP contribution in [0.15, 0.2) is 66.7 Å². The third kappa shape index (κ3) is 5.92. The van der Waals surface area contributed by atoms with Gasteiger partial charge in [0.1, 0.15) is 0 Å². The average molecular weight is 518 g/mol. The molecule has 0 atom stereocenters. The van der Waals surface area contributed by atoms with Crippen molar-refractivity contribution in [2.45, 2.75) is 18.8 Å². The van der Waals surface area contributed by atoms with Crippen LogP contribution in [0, 0.1) is 0 Å².